The summed E-state index contributed by atoms with van der Waals surface area (Å²) < 4.78 is 0. The van der Waals surface area contributed by atoms with Gasteiger partial charge in [-0.1, -0.05) is 25.2 Å². The molecule has 2 aromatic heterocycles. The van der Waals surface area contributed by atoms with Gasteiger partial charge in [0.15, 0.2) is 5.13 Å². The first-order valence-corrected chi connectivity index (χ1v) is 7.94. The molecule has 0 fully saturated rings. The highest BCUT2D eigenvalue weighted by Crippen LogP contribution is 2.31. The lowest BCUT2D eigenvalue weighted by Gasteiger charge is -2.13. The van der Waals surface area contributed by atoms with E-state index in [2.05, 4.69) is 9.97 Å². The molecule has 2 aromatic rings. The Balaban J connectivity index is 2.23. The second kappa shape index (κ2) is 5.88. The monoisotopic (exact) mass is 311 g/mol. The van der Waals surface area contributed by atoms with Crippen LogP contribution in [-0.2, 0) is 6.54 Å². The van der Waals surface area contributed by atoms with Crippen LogP contribution in [0.3, 0.4) is 0 Å². The maximum absolute atomic E-state index is 11.3. The van der Waals surface area contributed by atoms with E-state index in [4.69, 9.17) is 0 Å². The maximum Gasteiger partial charge on any atom is 0.347 e. The molecule has 108 valence electrons. The number of carbonyl (C=O) groups is 1. The minimum Gasteiger partial charge on any atom is -0.477 e. The van der Waals surface area contributed by atoms with Gasteiger partial charge in [-0.2, -0.15) is 0 Å². The summed E-state index contributed by atoms with van der Waals surface area (Å²) in [5.74, 6) is -0.809. The fourth-order valence-electron chi connectivity index (χ4n) is 1.82. The van der Waals surface area contributed by atoms with Crippen molar-refractivity contribution in [3.8, 4) is 0 Å². The van der Waals surface area contributed by atoms with E-state index in [1.54, 1.807) is 11.3 Å². The Kier molecular flexibility index (Phi) is 4.39. The number of aryl methyl sites for hydroxylation is 1. The van der Waals surface area contributed by atoms with Crippen molar-refractivity contribution < 1.29 is 9.90 Å². The lowest BCUT2D eigenvalue weighted by molar-refractivity contribution is 0.0700. The van der Waals surface area contributed by atoms with Crippen molar-refractivity contribution in [2.45, 2.75) is 33.2 Å². The summed E-state index contributed by atoms with van der Waals surface area (Å²) >= 11 is 2.83. The number of carboxylic acid groups (broad SMARTS) is 1. The average Bonchev–Trinajstić information content (AvgIpc) is 2.95. The van der Waals surface area contributed by atoms with E-state index in [0.29, 0.717) is 17.1 Å². The Morgan fingerprint density at radius 2 is 2.15 bits per heavy atom. The molecule has 0 aliphatic rings. The van der Waals surface area contributed by atoms with Crippen LogP contribution in [0.1, 0.15) is 45.8 Å². The summed E-state index contributed by atoms with van der Waals surface area (Å²) in [7, 11) is 1.91. The highest BCUT2D eigenvalue weighted by atomic mass is 32.1. The number of carboxylic acids is 1. The van der Waals surface area contributed by atoms with Crippen molar-refractivity contribution in [1.82, 2.24) is 9.97 Å². The van der Waals surface area contributed by atoms with Gasteiger partial charge in [-0.05, 0) is 12.8 Å². The molecule has 0 radical (unpaired) electrons. The van der Waals surface area contributed by atoms with Crippen molar-refractivity contribution in [3.63, 3.8) is 0 Å². The number of hydrogen-bond acceptors (Lipinski definition) is 6. The quantitative estimate of drug-likeness (QED) is 0.917. The first-order chi connectivity index (χ1) is 9.38. The van der Waals surface area contributed by atoms with Gasteiger partial charge >= 0.3 is 5.97 Å². The third-order valence-electron chi connectivity index (χ3n) is 2.78. The summed E-state index contributed by atoms with van der Waals surface area (Å²) in [6.07, 6.45) is 0. The predicted octanol–water partition coefficient (Wildman–Crippen LogP) is 3.37. The number of rotatable bonds is 5. The molecule has 0 aliphatic heterocycles. The van der Waals surface area contributed by atoms with Gasteiger partial charge in [0.05, 0.1) is 22.9 Å². The molecule has 2 rings (SSSR count). The van der Waals surface area contributed by atoms with Crippen molar-refractivity contribution in [3.05, 3.63) is 26.7 Å². The first-order valence-electron chi connectivity index (χ1n) is 6.24. The van der Waals surface area contributed by atoms with Gasteiger partial charge in [0.2, 0.25) is 0 Å². The third kappa shape index (κ3) is 3.16. The molecule has 2 heterocycles. The van der Waals surface area contributed by atoms with Gasteiger partial charge in [-0.25, -0.2) is 14.8 Å². The Morgan fingerprint density at radius 1 is 1.45 bits per heavy atom. The lowest BCUT2D eigenvalue weighted by atomic mass is 10.1. The van der Waals surface area contributed by atoms with Gasteiger partial charge < -0.3 is 10.0 Å². The molecule has 5 nitrogen and oxygen atoms in total. The molecule has 0 aromatic carbocycles. The number of nitrogens with zero attached hydrogens (tertiary/aromatic N) is 3. The van der Waals surface area contributed by atoms with Gasteiger partial charge in [-0.3, -0.25) is 0 Å². The third-order valence-corrected chi connectivity index (χ3v) is 4.77. The van der Waals surface area contributed by atoms with E-state index in [0.717, 1.165) is 15.8 Å². The molecule has 0 atom stereocenters. The maximum atomic E-state index is 11.3. The summed E-state index contributed by atoms with van der Waals surface area (Å²) in [6, 6.07) is 0. The van der Waals surface area contributed by atoms with Crippen LogP contribution in [0.15, 0.2) is 5.38 Å². The van der Waals surface area contributed by atoms with Crippen LogP contribution in [0.4, 0.5) is 5.13 Å². The van der Waals surface area contributed by atoms with Crippen molar-refractivity contribution in [2.75, 3.05) is 11.9 Å². The van der Waals surface area contributed by atoms with Crippen LogP contribution >= 0.6 is 22.7 Å². The molecule has 0 saturated carbocycles. The number of hydrogen-bond donors (Lipinski definition) is 1. The van der Waals surface area contributed by atoms with Gasteiger partial charge in [0, 0.05) is 12.4 Å². The smallest absolute Gasteiger partial charge is 0.347 e. The van der Waals surface area contributed by atoms with Crippen LogP contribution < -0.4 is 4.90 Å². The van der Waals surface area contributed by atoms with E-state index in [9.17, 15) is 9.90 Å². The number of aromatic carboxylic acids is 1. The lowest BCUT2D eigenvalue weighted by Crippen LogP contribution is -2.16. The molecule has 0 spiro atoms. The van der Waals surface area contributed by atoms with Gasteiger partial charge in [0.1, 0.15) is 4.88 Å². The average molecular weight is 311 g/mol. The molecule has 7 heteroatoms. The number of aromatic nitrogens is 2. The molecule has 0 unspecified atom stereocenters. The summed E-state index contributed by atoms with van der Waals surface area (Å²) in [5, 5.41) is 13.0. The van der Waals surface area contributed by atoms with Crippen molar-refractivity contribution in [1.29, 1.82) is 0 Å². The largest absolute Gasteiger partial charge is 0.477 e. The summed E-state index contributed by atoms with van der Waals surface area (Å²) in [5.41, 5.74) is 1.63. The van der Waals surface area contributed by atoms with E-state index < -0.39 is 5.97 Å². The predicted molar refractivity (Wildman–Crippen MR) is 82.1 cm³/mol. The Hall–Kier alpha value is -1.47. The van der Waals surface area contributed by atoms with Crippen LogP contribution in [0.25, 0.3) is 0 Å². The van der Waals surface area contributed by atoms with Crippen LogP contribution in [0.5, 0.6) is 0 Å². The van der Waals surface area contributed by atoms with Crippen LogP contribution in [0.2, 0.25) is 0 Å². The summed E-state index contributed by atoms with van der Waals surface area (Å²) in [6.45, 7) is 6.51. The second-order valence-corrected chi connectivity index (χ2v) is 6.92. The zero-order valence-corrected chi connectivity index (χ0v) is 13.5. The zero-order valence-electron chi connectivity index (χ0n) is 11.9. The van der Waals surface area contributed by atoms with Gasteiger partial charge in [0.25, 0.3) is 0 Å². The second-order valence-electron chi connectivity index (χ2n) is 4.88. The highest BCUT2D eigenvalue weighted by molar-refractivity contribution is 7.17. The van der Waals surface area contributed by atoms with Crippen molar-refractivity contribution in [2.24, 2.45) is 0 Å². The Labute approximate surface area is 125 Å². The van der Waals surface area contributed by atoms with E-state index >= 15 is 0 Å². The topological polar surface area (TPSA) is 66.3 Å². The molecular formula is C13H17N3O2S2. The molecule has 0 aliphatic carbocycles. The highest BCUT2D eigenvalue weighted by Gasteiger charge is 2.21. The van der Waals surface area contributed by atoms with Crippen LogP contribution in [-0.4, -0.2) is 28.1 Å². The number of anilines is 1. The van der Waals surface area contributed by atoms with Crippen molar-refractivity contribution >= 4 is 33.8 Å². The van der Waals surface area contributed by atoms with E-state index in [-0.39, 0.29) is 5.92 Å². The SMILES string of the molecule is Cc1nc(CN(C)c2nc(C(C)C)c(C(=O)O)s2)cs1. The molecule has 20 heavy (non-hydrogen) atoms. The van der Waals surface area contributed by atoms with Gasteiger partial charge in [-0.15, -0.1) is 11.3 Å². The zero-order chi connectivity index (χ0) is 14.9. The normalized spacial score (nSPS) is 11.1. The fraction of sp³-hybridized carbons (Fsp3) is 0.462. The molecular weight excluding hydrogens is 294 g/mol. The molecule has 1 N–H and O–H groups in total. The molecule has 0 saturated heterocycles. The number of thiazole rings is 2. The summed E-state index contributed by atoms with van der Waals surface area (Å²) in [4.78, 5) is 22.4. The first kappa shape index (κ1) is 14.9. The molecule has 0 amide bonds. The Morgan fingerprint density at radius 3 is 2.60 bits per heavy atom. The fourth-order valence-corrected chi connectivity index (χ4v) is 3.44. The standard InChI is InChI=1S/C13H17N3O2S2/c1-7(2)10-11(12(17)18)20-13(15-10)16(4)5-9-6-19-8(3)14-9/h6-7H,5H2,1-4H3,(H,17,18). The minimum atomic E-state index is -0.907. The molecule has 0 bridgehead atoms. The minimum absolute atomic E-state index is 0.0982. The van der Waals surface area contributed by atoms with E-state index in [1.165, 1.54) is 11.3 Å². The van der Waals surface area contributed by atoms with E-state index in [1.807, 2.05) is 38.1 Å². The van der Waals surface area contributed by atoms with Crippen LogP contribution in [0, 0.1) is 6.92 Å². The Bertz CT molecular complexity index is 619.